The number of carbonyl (C=O) groups is 2. The number of nitro groups is 1. The molecule has 1 heterocycles. The fourth-order valence-electron chi connectivity index (χ4n) is 1.92. The smallest absolute Gasteiger partial charge is 0.319 e. The average molecular weight is 313 g/mol. The van der Waals surface area contributed by atoms with E-state index < -0.39 is 11.0 Å². The lowest BCUT2D eigenvalue weighted by Gasteiger charge is -2.23. The molecule has 0 aromatic heterocycles. The summed E-state index contributed by atoms with van der Waals surface area (Å²) in [6, 6.07) is 3.15. The number of carbonyl (C=O) groups excluding carboxylic acids is 2. The highest BCUT2D eigenvalue weighted by molar-refractivity contribution is 6.33. The van der Waals surface area contributed by atoms with Gasteiger partial charge >= 0.3 is 6.03 Å². The minimum atomic E-state index is -0.569. The van der Waals surface area contributed by atoms with Gasteiger partial charge in [-0.3, -0.25) is 14.9 Å². The van der Waals surface area contributed by atoms with E-state index in [0.717, 1.165) is 6.07 Å². The van der Waals surface area contributed by atoms with Crippen LogP contribution in [0.3, 0.4) is 0 Å². The Bertz CT molecular complexity index is 583. The highest BCUT2D eigenvalue weighted by Crippen LogP contribution is 2.26. The largest absolute Gasteiger partial charge is 0.354 e. The van der Waals surface area contributed by atoms with Gasteiger partial charge in [-0.1, -0.05) is 11.6 Å². The molecule has 0 saturated carbocycles. The third-order valence-electron chi connectivity index (χ3n) is 3.01. The zero-order valence-electron chi connectivity index (χ0n) is 10.9. The first-order valence-corrected chi connectivity index (χ1v) is 6.61. The summed E-state index contributed by atoms with van der Waals surface area (Å²) in [5.74, 6) is -0.0353. The minimum Gasteiger partial charge on any atom is -0.354 e. The summed E-state index contributed by atoms with van der Waals surface area (Å²) in [5.41, 5.74) is 0.126. The molecule has 0 bridgehead atoms. The van der Waals surface area contributed by atoms with Gasteiger partial charge in [0.25, 0.3) is 5.69 Å². The van der Waals surface area contributed by atoms with Crippen LogP contribution < -0.4 is 16.0 Å². The van der Waals surface area contributed by atoms with Crippen molar-refractivity contribution in [2.24, 2.45) is 0 Å². The van der Waals surface area contributed by atoms with Gasteiger partial charge in [-0.2, -0.15) is 0 Å². The lowest BCUT2D eigenvalue weighted by atomic mass is 10.1. The molecule has 0 radical (unpaired) electrons. The van der Waals surface area contributed by atoms with Gasteiger partial charge in [-0.05, 0) is 12.5 Å². The number of non-ortho nitro benzene ring substituents is 1. The van der Waals surface area contributed by atoms with Gasteiger partial charge in [0.05, 0.1) is 15.6 Å². The minimum absolute atomic E-state index is 0.0353. The van der Waals surface area contributed by atoms with Crippen LogP contribution in [0.4, 0.5) is 16.2 Å². The van der Waals surface area contributed by atoms with Crippen molar-refractivity contribution >= 4 is 34.9 Å². The molecule has 1 atom stereocenters. The van der Waals surface area contributed by atoms with E-state index in [-0.39, 0.29) is 28.3 Å². The molecule has 1 aromatic carbocycles. The maximum Gasteiger partial charge on any atom is 0.319 e. The first-order valence-electron chi connectivity index (χ1n) is 6.24. The molecule has 2 rings (SSSR count). The second kappa shape index (κ2) is 6.40. The first-order chi connectivity index (χ1) is 9.95. The van der Waals surface area contributed by atoms with Gasteiger partial charge < -0.3 is 16.0 Å². The van der Waals surface area contributed by atoms with Crippen LogP contribution in [0, 0.1) is 10.1 Å². The molecule has 1 aromatic rings. The van der Waals surface area contributed by atoms with E-state index in [0.29, 0.717) is 19.4 Å². The molecule has 1 unspecified atom stereocenters. The highest BCUT2D eigenvalue weighted by Gasteiger charge is 2.20. The Morgan fingerprint density at radius 3 is 2.81 bits per heavy atom. The quantitative estimate of drug-likeness (QED) is 0.581. The molecule has 1 fully saturated rings. The fourth-order valence-corrected chi connectivity index (χ4v) is 2.14. The molecular weight excluding hydrogens is 300 g/mol. The summed E-state index contributed by atoms with van der Waals surface area (Å²) >= 11 is 5.88. The fraction of sp³-hybridized carbons (Fsp3) is 0.333. The maximum absolute atomic E-state index is 11.8. The molecule has 3 N–H and O–H groups in total. The molecule has 9 heteroatoms. The summed E-state index contributed by atoms with van der Waals surface area (Å²) in [6.07, 6.45) is 0.927. The van der Waals surface area contributed by atoms with Crippen molar-refractivity contribution in [3.05, 3.63) is 33.3 Å². The van der Waals surface area contributed by atoms with Crippen molar-refractivity contribution in [2.45, 2.75) is 18.9 Å². The SMILES string of the molecule is O=C1CCC(NC(=O)Nc2ccc([N+](=O)[O-])cc2Cl)CN1. The number of nitrogens with one attached hydrogen (secondary N) is 3. The Labute approximate surface area is 125 Å². The number of hydrogen-bond acceptors (Lipinski definition) is 4. The number of rotatable bonds is 3. The number of nitro benzene ring substituents is 1. The number of hydrogen-bond donors (Lipinski definition) is 3. The first kappa shape index (κ1) is 15.0. The summed E-state index contributed by atoms with van der Waals surface area (Å²) < 4.78 is 0. The Morgan fingerprint density at radius 2 is 2.24 bits per heavy atom. The monoisotopic (exact) mass is 312 g/mol. The lowest BCUT2D eigenvalue weighted by molar-refractivity contribution is -0.384. The van der Waals surface area contributed by atoms with Crippen molar-refractivity contribution < 1.29 is 14.5 Å². The van der Waals surface area contributed by atoms with E-state index in [2.05, 4.69) is 16.0 Å². The van der Waals surface area contributed by atoms with Crippen molar-refractivity contribution in [2.75, 3.05) is 11.9 Å². The van der Waals surface area contributed by atoms with Gasteiger partial charge in [-0.25, -0.2) is 4.79 Å². The Morgan fingerprint density at radius 1 is 1.48 bits per heavy atom. The number of nitrogens with zero attached hydrogens (tertiary/aromatic N) is 1. The van der Waals surface area contributed by atoms with E-state index in [1.54, 1.807) is 0 Å². The van der Waals surface area contributed by atoms with Crippen molar-refractivity contribution in [1.29, 1.82) is 0 Å². The average Bonchev–Trinajstić information content (AvgIpc) is 2.43. The molecule has 3 amide bonds. The molecule has 1 aliphatic heterocycles. The van der Waals surface area contributed by atoms with Gasteiger partial charge in [0.1, 0.15) is 0 Å². The summed E-state index contributed by atoms with van der Waals surface area (Å²) in [4.78, 5) is 32.8. The maximum atomic E-state index is 11.8. The number of amides is 3. The Hall–Kier alpha value is -2.35. The van der Waals surface area contributed by atoms with E-state index in [1.807, 2.05) is 0 Å². The molecule has 1 aliphatic rings. The van der Waals surface area contributed by atoms with Crippen LogP contribution in [0.2, 0.25) is 5.02 Å². The van der Waals surface area contributed by atoms with Crippen molar-refractivity contribution in [3.8, 4) is 0 Å². The lowest BCUT2D eigenvalue weighted by Crippen LogP contribution is -2.48. The molecule has 0 spiro atoms. The van der Waals surface area contributed by atoms with E-state index in [9.17, 15) is 19.7 Å². The van der Waals surface area contributed by atoms with Crippen LogP contribution in [0.1, 0.15) is 12.8 Å². The molecule has 112 valence electrons. The zero-order chi connectivity index (χ0) is 15.4. The van der Waals surface area contributed by atoms with Crippen molar-refractivity contribution in [3.63, 3.8) is 0 Å². The van der Waals surface area contributed by atoms with E-state index in [1.165, 1.54) is 12.1 Å². The van der Waals surface area contributed by atoms with Crippen LogP contribution in [-0.2, 0) is 4.79 Å². The van der Waals surface area contributed by atoms with Crippen molar-refractivity contribution in [1.82, 2.24) is 10.6 Å². The summed E-state index contributed by atoms with van der Waals surface area (Å²) in [7, 11) is 0. The van der Waals surface area contributed by atoms with Gasteiger partial charge in [0.15, 0.2) is 0 Å². The van der Waals surface area contributed by atoms with Gasteiger partial charge in [0.2, 0.25) is 5.91 Å². The number of benzene rings is 1. The molecule has 8 nitrogen and oxygen atoms in total. The molecule has 0 aliphatic carbocycles. The van der Waals surface area contributed by atoms with Crippen LogP contribution in [0.15, 0.2) is 18.2 Å². The zero-order valence-corrected chi connectivity index (χ0v) is 11.6. The standard InChI is InChI=1S/C12H13ClN4O4/c13-9-5-8(17(20)21)2-3-10(9)16-12(19)15-7-1-4-11(18)14-6-7/h2-3,5,7H,1,4,6H2,(H,14,18)(H2,15,16,19). The van der Waals surface area contributed by atoms with E-state index in [4.69, 9.17) is 11.6 Å². The van der Waals surface area contributed by atoms with Crippen LogP contribution in [-0.4, -0.2) is 29.4 Å². The molecular formula is C12H13ClN4O4. The van der Waals surface area contributed by atoms with E-state index >= 15 is 0 Å². The normalized spacial score (nSPS) is 17.8. The molecule has 1 saturated heterocycles. The second-order valence-electron chi connectivity index (χ2n) is 4.56. The Balaban J connectivity index is 1.93. The third-order valence-corrected chi connectivity index (χ3v) is 3.33. The second-order valence-corrected chi connectivity index (χ2v) is 4.97. The molecule has 21 heavy (non-hydrogen) atoms. The topological polar surface area (TPSA) is 113 Å². The number of anilines is 1. The third kappa shape index (κ3) is 4.06. The number of urea groups is 1. The summed E-state index contributed by atoms with van der Waals surface area (Å²) in [6.45, 7) is 0.375. The van der Waals surface area contributed by atoms with Gasteiger partial charge in [0, 0.05) is 31.1 Å². The van der Waals surface area contributed by atoms with Gasteiger partial charge in [-0.15, -0.1) is 0 Å². The Kier molecular flexibility index (Phi) is 4.59. The summed E-state index contributed by atoms with van der Waals surface area (Å²) in [5, 5.41) is 18.5. The predicted octanol–water partition coefficient (Wildman–Crippen LogP) is 1.65. The number of halogens is 1. The predicted molar refractivity (Wildman–Crippen MR) is 76.3 cm³/mol. The number of piperidine rings is 1. The van der Waals surface area contributed by atoms with Crippen LogP contribution in [0.5, 0.6) is 0 Å². The van der Waals surface area contributed by atoms with Crippen LogP contribution >= 0.6 is 11.6 Å². The van der Waals surface area contributed by atoms with Crippen LogP contribution in [0.25, 0.3) is 0 Å². The highest BCUT2D eigenvalue weighted by atomic mass is 35.5.